The number of ether oxygens (including phenoxy) is 2. The van der Waals surface area contributed by atoms with Crippen LogP contribution in [-0.2, 0) is 33.0 Å². The molecule has 15 heteroatoms. The Morgan fingerprint density at radius 3 is 2.65 bits per heavy atom. The van der Waals surface area contributed by atoms with E-state index in [1.807, 2.05) is 24.4 Å². The third-order valence-corrected chi connectivity index (χ3v) is 9.75. The number of aromatic nitrogens is 4. The average Bonchev–Trinajstić information content (AvgIpc) is 3.81. The summed E-state index contributed by atoms with van der Waals surface area (Å²) >= 11 is 7.76. The van der Waals surface area contributed by atoms with Gasteiger partial charge in [-0.25, -0.2) is 14.2 Å². The highest BCUT2D eigenvalue weighted by atomic mass is 35.5. The summed E-state index contributed by atoms with van der Waals surface area (Å²) in [5.74, 6) is -1.59. The minimum atomic E-state index is -1.66. The number of thiazole rings is 1. The smallest absolute Gasteiger partial charge is 0.416 e. The predicted octanol–water partition coefficient (Wildman–Crippen LogP) is 5.70. The number of hydrogen-bond donors (Lipinski definition) is 2. The molecule has 2 aromatic heterocycles. The number of hydrogen-bond acceptors (Lipinski definition) is 10. The molecule has 5 rings (SSSR count). The molecule has 264 valence electrons. The molecule has 51 heavy (non-hydrogen) atoms. The normalized spacial score (nSPS) is 13.5. The number of anilines is 1. The van der Waals surface area contributed by atoms with Gasteiger partial charge in [0.05, 0.1) is 34.6 Å². The van der Waals surface area contributed by atoms with Crippen molar-refractivity contribution in [2.24, 2.45) is 0 Å². The zero-order chi connectivity index (χ0) is 36.7. The maximum absolute atomic E-state index is 14.5. The van der Waals surface area contributed by atoms with E-state index in [1.54, 1.807) is 61.3 Å². The summed E-state index contributed by atoms with van der Waals surface area (Å²) in [6.45, 7) is 3.25. The molecule has 3 unspecified atom stereocenters. The first-order valence-electron chi connectivity index (χ1n) is 15.8. The first-order chi connectivity index (χ1) is 24.4. The van der Waals surface area contributed by atoms with E-state index < -0.39 is 35.6 Å². The van der Waals surface area contributed by atoms with Gasteiger partial charge in [-0.2, -0.15) is 9.83 Å². The van der Waals surface area contributed by atoms with E-state index in [-0.39, 0.29) is 19.7 Å². The van der Waals surface area contributed by atoms with Crippen LogP contribution in [0.15, 0.2) is 84.8 Å². The van der Waals surface area contributed by atoms with Crippen molar-refractivity contribution in [2.45, 2.75) is 44.7 Å². The second-order valence-corrected chi connectivity index (χ2v) is 13.1. The Balaban J connectivity index is 1.34. The number of nitrogens with zero attached hydrogens (tertiary/aromatic N) is 6. The van der Waals surface area contributed by atoms with Crippen LogP contribution in [0.2, 0.25) is 5.02 Å². The number of rotatable bonds is 13. The SMILES string of the molecule is CNCC(=O)OCc1c(Cl)cccc1N(C)C(=O)OC(C)[n+]1cnn(CC(O)(c2cccc(F)c2)C(C)c2nc(-c3ccc(C#N)cc3)cs2)c1. The van der Waals surface area contributed by atoms with Crippen molar-refractivity contribution in [1.29, 1.82) is 5.26 Å². The highest BCUT2D eigenvalue weighted by Gasteiger charge is 2.42. The molecule has 2 heterocycles. The Hall–Kier alpha value is -5.20. The van der Waals surface area contributed by atoms with Gasteiger partial charge in [0.2, 0.25) is 12.6 Å². The zero-order valence-corrected chi connectivity index (χ0v) is 29.9. The molecule has 0 aliphatic heterocycles. The van der Waals surface area contributed by atoms with E-state index in [0.29, 0.717) is 38.1 Å². The van der Waals surface area contributed by atoms with Gasteiger partial charge < -0.3 is 19.9 Å². The van der Waals surface area contributed by atoms with Crippen LogP contribution >= 0.6 is 22.9 Å². The lowest BCUT2D eigenvalue weighted by molar-refractivity contribution is -0.753. The monoisotopic (exact) mass is 732 g/mol. The summed E-state index contributed by atoms with van der Waals surface area (Å²) in [6, 6.07) is 19.9. The summed E-state index contributed by atoms with van der Waals surface area (Å²) in [4.78, 5) is 31.2. The van der Waals surface area contributed by atoms with Crippen LogP contribution in [0.1, 0.15) is 47.7 Å². The largest absolute Gasteiger partial charge is 0.460 e. The second-order valence-electron chi connectivity index (χ2n) is 11.8. The lowest BCUT2D eigenvalue weighted by atomic mass is 9.82. The van der Waals surface area contributed by atoms with Gasteiger partial charge in [0, 0.05) is 46.5 Å². The van der Waals surface area contributed by atoms with E-state index in [9.17, 15) is 19.1 Å². The fraction of sp³-hybridized carbons (Fsp3) is 0.278. The third-order valence-electron chi connectivity index (χ3n) is 8.37. The van der Waals surface area contributed by atoms with Crippen LogP contribution in [0.25, 0.3) is 11.3 Å². The van der Waals surface area contributed by atoms with Crippen molar-refractivity contribution >= 4 is 40.7 Å². The highest BCUT2D eigenvalue weighted by molar-refractivity contribution is 7.10. The maximum Gasteiger partial charge on any atom is 0.416 e. The summed E-state index contributed by atoms with van der Waals surface area (Å²) in [7, 11) is 3.14. The number of aliphatic hydroxyl groups is 1. The number of likely N-dealkylation sites (N-methyl/N-ethyl adjacent to an activating group) is 1. The van der Waals surface area contributed by atoms with Gasteiger partial charge in [0.1, 0.15) is 24.6 Å². The van der Waals surface area contributed by atoms with Gasteiger partial charge in [-0.15, -0.1) is 16.0 Å². The molecule has 3 aromatic carbocycles. The fourth-order valence-electron chi connectivity index (χ4n) is 5.37. The molecule has 1 amide bonds. The molecule has 0 aliphatic rings. The Kier molecular flexibility index (Phi) is 11.8. The van der Waals surface area contributed by atoms with E-state index in [1.165, 1.54) is 52.5 Å². The molecule has 5 aromatic rings. The molecule has 0 saturated carbocycles. The average molecular weight is 733 g/mol. The first-order valence-corrected chi connectivity index (χ1v) is 17.1. The van der Waals surface area contributed by atoms with Crippen LogP contribution in [-0.4, -0.2) is 52.6 Å². The molecular formula is C36H36ClFN7O5S+. The van der Waals surface area contributed by atoms with E-state index >= 15 is 0 Å². The number of nitrogens with one attached hydrogen (secondary N) is 1. The van der Waals surface area contributed by atoms with Crippen molar-refractivity contribution in [3.63, 3.8) is 0 Å². The molecule has 0 bridgehead atoms. The first kappa shape index (κ1) is 37.1. The topological polar surface area (TPSA) is 146 Å². The van der Waals surface area contributed by atoms with Crippen LogP contribution in [0, 0.1) is 17.1 Å². The number of carbonyl (C=O) groups excluding carboxylic acids is 2. The molecule has 0 saturated heterocycles. The lowest BCUT2D eigenvalue weighted by Crippen LogP contribution is -2.42. The van der Waals surface area contributed by atoms with Gasteiger partial charge in [-0.05, 0) is 49.0 Å². The predicted molar refractivity (Wildman–Crippen MR) is 188 cm³/mol. The van der Waals surface area contributed by atoms with Crippen LogP contribution in [0.5, 0.6) is 0 Å². The number of nitriles is 1. The molecule has 0 aliphatic carbocycles. The number of amides is 1. The number of halogens is 2. The summed E-state index contributed by atoms with van der Waals surface area (Å²) in [5, 5.41) is 31.4. The minimum absolute atomic E-state index is 0.0182. The van der Waals surface area contributed by atoms with E-state index in [0.717, 1.165) is 5.56 Å². The standard InChI is InChI=1S/C36H36ClFN7O5S/c1-23(34-42-31(19-51-34)26-13-11-25(16-39)12-14-26)36(48,27-7-5-8-28(38)15-27)20-45-22-44(21-41-45)24(2)50-35(47)43(4)32-10-6-9-30(37)29(32)18-49-33(46)17-40-3/h5-15,19,21-24,40,48H,17-18,20H2,1-4H3/q+1. The van der Waals surface area contributed by atoms with Crippen molar-refractivity contribution in [2.75, 3.05) is 25.5 Å². The van der Waals surface area contributed by atoms with Gasteiger partial charge in [-0.1, -0.05) is 48.9 Å². The van der Waals surface area contributed by atoms with E-state index in [4.69, 9.17) is 31.3 Å². The minimum Gasteiger partial charge on any atom is -0.460 e. The molecular weight excluding hydrogens is 697 g/mol. The summed E-state index contributed by atoms with van der Waals surface area (Å²) < 4.78 is 28.6. The second kappa shape index (κ2) is 16.2. The van der Waals surface area contributed by atoms with Gasteiger partial charge in [0.25, 0.3) is 6.33 Å². The maximum atomic E-state index is 14.5. The Labute approximate surface area is 303 Å². The summed E-state index contributed by atoms with van der Waals surface area (Å²) in [5.41, 5.74) is 1.55. The molecule has 0 radical (unpaired) electrons. The Bertz CT molecular complexity index is 2050. The third kappa shape index (κ3) is 8.58. The van der Waals surface area contributed by atoms with Gasteiger partial charge in [0.15, 0.2) is 0 Å². The Morgan fingerprint density at radius 2 is 1.94 bits per heavy atom. The van der Waals surface area contributed by atoms with Gasteiger partial charge >= 0.3 is 12.1 Å². The van der Waals surface area contributed by atoms with Crippen LogP contribution in [0.4, 0.5) is 14.9 Å². The van der Waals surface area contributed by atoms with Crippen molar-refractivity contribution < 1.29 is 33.1 Å². The number of esters is 1. The summed E-state index contributed by atoms with van der Waals surface area (Å²) in [6.07, 6.45) is 1.48. The quantitative estimate of drug-likeness (QED) is 0.115. The Morgan fingerprint density at radius 1 is 1.20 bits per heavy atom. The molecule has 3 atom stereocenters. The lowest BCUT2D eigenvalue weighted by Gasteiger charge is -2.31. The van der Waals surface area contributed by atoms with Crippen molar-refractivity contribution in [3.05, 3.63) is 117 Å². The van der Waals surface area contributed by atoms with Crippen molar-refractivity contribution in [1.82, 2.24) is 20.1 Å². The molecule has 12 nitrogen and oxygen atoms in total. The molecule has 0 fully saturated rings. The van der Waals surface area contributed by atoms with Gasteiger partial charge in [-0.3, -0.25) is 9.69 Å². The van der Waals surface area contributed by atoms with Crippen LogP contribution in [0.3, 0.4) is 0 Å². The highest BCUT2D eigenvalue weighted by Crippen LogP contribution is 2.40. The molecule has 0 spiro atoms. The number of benzene rings is 3. The van der Waals surface area contributed by atoms with Crippen molar-refractivity contribution in [3.8, 4) is 17.3 Å². The zero-order valence-electron chi connectivity index (χ0n) is 28.3. The van der Waals surface area contributed by atoms with Crippen LogP contribution < -0.4 is 14.8 Å². The molecule has 2 N–H and O–H groups in total. The number of carbonyl (C=O) groups is 2. The fourth-order valence-corrected chi connectivity index (χ4v) is 6.56. The van der Waals surface area contributed by atoms with E-state index in [2.05, 4.69) is 16.5 Å².